The van der Waals surface area contributed by atoms with Gasteiger partial charge in [0.1, 0.15) is 5.76 Å². The molecule has 19 heavy (non-hydrogen) atoms. The molecule has 0 saturated heterocycles. The van der Waals surface area contributed by atoms with E-state index in [9.17, 15) is 4.79 Å². The molecule has 0 aliphatic rings. The molecule has 2 aromatic heterocycles. The minimum atomic E-state index is -0.0285. The van der Waals surface area contributed by atoms with Crippen molar-refractivity contribution in [2.24, 2.45) is 0 Å². The Morgan fingerprint density at radius 2 is 2.32 bits per heavy atom. The molecule has 1 aromatic carbocycles. The summed E-state index contributed by atoms with van der Waals surface area (Å²) in [5.74, 6) is 0.791. The fraction of sp³-hybridized carbons (Fsp3) is 0.143. The van der Waals surface area contributed by atoms with Gasteiger partial charge in [0.2, 0.25) is 5.91 Å². The highest BCUT2D eigenvalue weighted by Gasteiger charge is 2.05. The second-order valence-corrected chi connectivity index (χ2v) is 4.30. The van der Waals surface area contributed by atoms with E-state index in [4.69, 9.17) is 4.42 Å². The van der Waals surface area contributed by atoms with E-state index in [-0.39, 0.29) is 5.91 Å². The molecular formula is C14H13N3O2. The van der Waals surface area contributed by atoms with Crippen LogP contribution in [0.3, 0.4) is 0 Å². The van der Waals surface area contributed by atoms with Gasteiger partial charge in [-0.1, -0.05) is 0 Å². The lowest BCUT2D eigenvalue weighted by atomic mass is 10.2. The predicted molar refractivity (Wildman–Crippen MR) is 71.8 cm³/mol. The Kier molecular flexibility index (Phi) is 3.02. The molecule has 0 aliphatic heterocycles. The van der Waals surface area contributed by atoms with Crippen molar-refractivity contribution < 1.29 is 9.21 Å². The first kappa shape index (κ1) is 11.5. The summed E-state index contributed by atoms with van der Waals surface area (Å²) in [4.78, 5) is 11.8. The van der Waals surface area contributed by atoms with Gasteiger partial charge in [-0.15, -0.1) is 0 Å². The number of anilines is 1. The SMILES string of the molecule is O=C(CCc1ccco1)Nc1ccc2[nH]ncc2c1. The number of carbonyl (C=O) groups excluding carboxylic acids is 1. The van der Waals surface area contributed by atoms with Crippen LogP contribution in [0.25, 0.3) is 10.9 Å². The molecule has 3 aromatic rings. The standard InChI is InChI=1S/C14H13N3O2/c18-14(6-4-12-2-1-7-19-12)16-11-3-5-13-10(8-11)9-15-17-13/h1-3,5,7-9H,4,6H2,(H,15,17)(H,16,18). The van der Waals surface area contributed by atoms with E-state index in [2.05, 4.69) is 15.5 Å². The summed E-state index contributed by atoms with van der Waals surface area (Å²) in [7, 11) is 0. The highest BCUT2D eigenvalue weighted by Crippen LogP contribution is 2.17. The number of hydrogen-bond donors (Lipinski definition) is 2. The molecule has 0 spiro atoms. The molecule has 96 valence electrons. The second-order valence-electron chi connectivity index (χ2n) is 4.30. The summed E-state index contributed by atoms with van der Waals surface area (Å²) in [5, 5.41) is 10.7. The minimum Gasteiger partial charge on any atom is -0.469 e. The van der Waals surface area contributed by atoms with Crippen LogP contribution >= 0.6 is 0 Å². The highest BCUT2D eigenvalue weighted by atomic mass is 16.3. The van der Waals surface area contributed by atoms with Gasteiger partial charge >= 0.3 is 0 Å². The molecule has 5 heteroatoms. The van der Waals surface area contributed by atoms with Gasteiger partial charge in [0.25, 0.3) is 0 Å². The Morgan fingerprint density at radius 3 is 3.16 bits per heavy atom. The van der Waals surface area contributed by atoms with Crippen LogP contribution in [0, 0.1) is 0 Å². The van der Waals surface area contributed by atoms with Gasteiger partial charge in [0.05, 0.1) is 18.0 Å². The number of H-pyrrole nitrogens is 1. The maximum absolute atomic E-state index is 11.8. The number of benzene rings is 1. The van der Waals surface area contributed by atoms with E-state index >= 15 is 0 Å². The average Bonchev–Trinajstić information content (AvgIpc) is 3.07. The number of aromatic amines is 1. The largest absolute Gasteiger partial charge is 0.469 e. The van der Waals surface area contributed by atoms with Gasteiger partial charge in [-0.3, -0.25) is 9.89 Å². The third-order valence-corrected chi connectivity index (χ3v) is 2.90. The van der Waals surface area contributed by atoms with Crippen LogP contribution < -0.4 is 5.32 Å². The number of nitrogens with one attached hydrogen (secondary N) is 2. The Labute approximate surface area is 109 Å². The third-order valence-electron chi connectivity index (χ3n) is 2.90. The number of hydrogen-bond acceptors (Lipinski definition) is 3. The van der Waals surface area contributed by atoms with Crippen LogP contribution in [-0.4, -0.2) is 16.1 Å². The lowest BCUT2D eigenvalue weighted by Gasteiger charge is -2.04. The van der Waals surface area contributed by atoms with Gasteiger partial charge in [-0.25, -0.2) is 0 Å². The Bertz CT molecular complexity index is 686. The minimum absolute atomic E-state index is 0.0285. The quantitative estimate of drug-likeness (QED) is 0.753. The fourth-order valence-electron chi connectivity index (χ4n) is 1.94. The zero-order chi connectivity index (χ0) is 13.1. The van der Waals surface area contributed by atoms with E-state index in [1.807, 2.05) is 30.3 Å². The van der Waals surface area contributed by atoms with Gasteiger partial charge in [-0.05, 0) is 30.3 Å². The summed E-state index contributed by atoms with van der Waals surface area (Å²) < 4.78 is 5.19. The zero-order valence-corrected chi connectivity index (χ0v) is 10.2. The lowest BCUT2D eigenvalue weighted by molar-refractivity contribution is -0.116. The number of aryl methyl sites for hydroxylation is 1. The Hall–Kier alpha value is -2.56. The molecular weight excluding hydrogens is 242 g/mol. The maximum atomic E-state index is 11.8. The van der Waals surface area contributed by atoms with Crippen molar-refractivity contribution in [2.45, 2.75) is 12.8 Å². The predicted octanol–water partition coefficient (Wildman–Crippen LogP) is 2.73. The summed E-state index contributed by atoms with van der Waals surface area (Å²) in [6, 6.07) is 9.32. The molecule has 0 unspecified atom stereocenters. The number of furan rings is 1. The lowest BCUT2D eigenvalue weighted by Crippen LogP contribution is -2.12. The van der Waals surface area contributed by atoms with Crippen molar-refractivity contribution in [1.29, 1.82) is 0 Å². The number of rotatable bonds is 4. The molecule has 0 atom stereocenters. The molecule has 2 heterocycles. The number of carbonyl (C=O) groups is 1. The first-order chi connectivity index (χ1) is 9.31. The number of fused-ring (bicyclic) bond motifs is 1. The van der Waals surface area contributed by atoms with Crippen molar-refractivity contribution in [1.82, 2.24) is 10.2 Å². The van der Waals surface area contributed by atoms with Crippen molar-refractivity contribution >= 4 is 22.5 Å². The summed E-state index contributed by atoms with van der Waals surface area (Å²) in [6.45, 7) is 0. The molecule has 0 aliphatic carbocycles. The van der Waals surface area contributed by atoms with E-state index in [1.165, 1.54) is 0 Å². The fourth-order valence-corrected chi connectivity index (χ4v) is 1.94. The number of aromatic nitrogens is 2. The van der Waals surface area contributed by atoms with E-state index in [1.54, 1.807) is 12.5 Å². The molecule has 3 rings (SSSR count). The molecule has 5 nitrogen and oxygen atoms in total. The van der Waals surface area contributed by atoms with Gasteiger partial charge in [-0.2, -0.15) is 5.10 Å². The molecule has 2 N–H and O–H groups in total. The van der Waals surface area contributed by atoms with Crippen molar-refractivity contribution in [3.8, 4) is 0 Å². The first-order valence-electron chi connectivity index (χ1n) is 6.06. The van der Waals surface area contributed by atoms with Crippen LogP contribution in [0.5, 0.6) is 0 Å². The first-order valence-corrected chi connectivity index (χ1v) is 6.06. The topological polar surface area (TPSA) is 70.9 Å². The van der Waals surface area contributed by atoms with E-state index < -0.39 is 0 Å². The average molecular weight is 255 g/mol. The van der Waals surface area contributed by atoms with E-state index in [0.29, 0.717) is 12.8 Å². The Morgan fingerprint density at radius 1 is 1.37 bits per heavy atom. The van der Waals surface area contributed by atoms with Gasteiger partial charge in [0.15, 0.2) is 0 Å². The van der Waals surface area contributed by atoms with Crippen LogP contribution in [0.2, 0.25) is 0 Å². The van der Waals surface area contributed by atoms with Gasteiger partial charge in [0, 0.05) is 23.9 Å². The summed E-state index contributed by atoms with van der Waals surface area (Å²) in [6.07, 6.45) is 4.34. The second kappa shape index (κ2) is 4.97. The zero-order valence-electron chi connectivity index (χ0n) is 10.2. The molecule has 0 bridgehead atoms. The normalized spacial score (nSPS) is 10.7. The Balaban J connectivity index is 1.62. The summed E-state index contributed by atoms with van der Waals surface area (Å²) >= 11 is 0. The third kappa shape index (κ3) is 2.65. The molecule has 1 amide bonds. The van der Waals surface area contributed by atoms with Gasteiger partial charge < -0.3 is 9.73 Å². The van der Waals surface area contributed by atoms with E-state index in [0.717, 1.165) is 22.4 Å². The van der Waals surface area contributed by atoms with Crippen LogP contribution in [0.4, 0.5) is 5.69 Å². The van der Waals surface area contributed by atoms with Crippen molar-refractivity contribution in [3.63, 3.8) is 0 Å². The van der Waals surface area contributed by atoms with Crippen molar-refractivity contribution in [3.05, 3.63) is 48.6 Å². The number of amides is 1. The van der Waals surface area contributed by atoms with Crippen LogP contribution in [0.1, 0.15) is 12.2 Å². The molecule has 0 radical (unpaired) electrons. The molecule has 0 saturated carbocycles. The van der Waals surface area contributed by atoms with Crippen LogP contribution in [0.15, 0.2) is 47.2 Å². The highest BCUT2D eigenvalue weighted by molar-refractivity contribution is 5.93. The van der Waals surface area contributed by atoms with Crippen LogP contribution in [-0.2, 0) is 11.2 Å². The number of nitrogens with zero attached hydrogens (tertiary/aromatic N) is 1. The smallest absolute Gasteiger partial charge is 0.224 e. The molecule has 0 fully saturated rings. The monoisotopic (exact) mass is 255 g/mol. The maximum Gasteiger partial charge on any atom is 0.224 e. The summed E-state index contributed by atoms with van der Waals surface area (Å²) in [5.41, 5.74) is 1.73. The van der Waals surface area contributed by atoms with Crippen molar-refractivity contribution in [2.75, 3.05) is 5.32 Å².